The molecule has 1 aromatic carbocycles. The van der Waals surface area contributed by atoms with E-state index in [9.17, 15) is 4.79 Å². The summed E-state index contributed by atoms with van der Waals surface area (Å²) in [5.74, 6) is 0.926. The van der Waals surface area contributed by atoms with Gasteiger partial charge in [0.2, 0.25) is 0 Å². The van der Waals surface area contributed by atoms with E-state index >= 15 is 0 Å². The van der Waals surface area contributed by atoms with Gasteiger partial charge in [0, 0.05) is 23.5 Å². The molecule has 0 aliphatic carbocycles. The second kappa shape index (κ2) is 9.68. The zero-order chi connectivity index (χ0) is 21.8. The van der Waals surface area contributed by atoms with E-state index in [0.717, 1.165) is 29.4 Å². The molecule has 6 nitrogen and oxygen atoms in total. The molecule has 0 unspecified atom stereocenters. The van der Waals surface area contributed by atoms with Gasteiger partial charge in [0.05, 0.1) is 32.1 Å². The number of rotatable bonds is 7. The number of carbonyl (C=O) groups is 1. The van der Waals surface area contributed by atoms with Crippen LogP contribution in [0, 0.1) is 13.8 Å². The van der Waals surface area contributed by atoms with E-state index in [2.05, 4.69) is 36.2 Å². The average molecular weight is 441 g/mol. The van der Waals surface area contributed by atoms with Gasteiger partial charge in [-0.3, -0.25) is 9.69 Å². The molecule has 4 rings (SSSR count). The lowest BCUT2D eigenvalue weighted by atomic mass is 9.94. The van der Waals surface area contributed by atoms with Crippen molar-refractivity contribution in [1.29, 1.82) is 0 Å². The van der Waals surface area contributed by atoms with Gasteiger partial charge < -0.3 is 19.2 Å². The molecule has 1 atom stereocenters. The van der Waals surface area contributed by atoms with Gasteiger partial charge in [0.25, 0.3) is 5.91 Å². The third-order valence-electron chi connectivity index (χ3n) is 5.60. The lowest BCUT2D eigenvalue weighted by Crippen LogP contribution is -2.39. The number of nitrogens with zero attached hydrogens (tertiary/aromatic N) is 1. The van der Waals surface area contributed by atoms with Crippen LogP contribution in [0.15, 0.2) is 47.1 Å². The highest BCUT2D eigenvalue weighted by atomic mass is 32.1. The summed E-state index contributed by atoms with van der Waals surface area (Å²) in [4.78, 5) is 16.4. The zero-order valence-corrected chi connectivity index (χ0v) is 19.0. The van der Waals surface area contributed by atoms with Crippen molar-refractivity contribution in [3.63, 3.8) is 0 Å². The maximum absolute atomic E-state index is 12.8. The van der Waals surface area contributed by atoms with Crippen LogP contribution in [0.3, 0.4) is 0 Å². The van der Waals surface area contributed by atoms with Gasteiger partial charge in [-0.2, -0.15) is 0 Å². The summed E-state index contributed by atoms with van der Waals surface area (Å²) in [7, 11) is 0. The van der Waals surface area contributed by atoms with Crippen molar-refractivity contribution < 1.29 is 18.7 Å². The fourth-order valence-corrected chi connectivity index (χ4v) is 5.04. The Labute approximate surface area is 186 Å². The topological polar surface area (TPSA) is 63.9 Å². The SMILES string of the molecule is CCOc1ccc([C@H](c2c(NC(=O)c3ccco3)sc(C)c2C)N2CCOCC2)cc1. The second-order valence-corrected chi connectivity index (χ2v) is 8.74. The lowest BCUT2D eigenvalue weighted by Gasteiger charge is -2.35. The third kappa shape index (κ3) is 4.69. The second-order valence-electron chi connectivity index (χ2n) is 7.51. The molecular weight excluding hydrogens is 412 g/mol. The molecule has 0 radical (unpaired) electrons. The molecule has 164 valence electrons. The Morgan fingerprint density at radius 1 is 1.19 bits per heavy atom. The van der Waals surface area contributed by atoms with Gasteiger partial charge in [0.1, 0.15) is 10.8 Å². The number of amides is 1. The van der Waals surface area contributed by atoms with Crippen molar-refractivity contribution in [3.8, 4) is 5.75 Å². The number of morpholine rings is 1. The first-order valence-corrected chi connectivity index (χ1v) is 11.4. The third-order valence-corrected chi connectivity index (χ3v) is 6.73. The first kappa shape index (κ1) is 21.6. The maximum Gasteiger partial charge on any atom is 0.291 e. The fraction of sp³-hybridized carbons (Fsp3) is 0.375. The fourth-order valence-electron chi connectivity index (χ4n) is 3.95. The molecule has 0 spiro atoms. The van der Waals surface area contributed by atoms with Crippen LogP contribution in [0.25, 0.3) is 0 Å². The molecular formula is C24H28N2O4S. The van der Waals surface area contributed by atoms with Gasteiger partial charge in [-0.1, -0.05) is 12.1 Å². The van der Waals surface area contributed by atoms with E-state index in [-0.39, 0.29) is 11.9 Å². The molecule has 3 aromatic rings. The minimum Gasteiger partial charge on any atom is -0.494 e. The van der Waals surface area contributed by atoms with Crippen molar-refractivity contribution >= 4 is 22.2 Å². The zero-order valence-electron chi connectivity index (χ0n) is 18.1. The highest BCUT2D eigenvalue weighted by Gasteiger charge is 2.30. The molecule has 1 N–H and O–H groups in total. The van der Waals surface area contributed by atoms with E-state index in [1.807, 2.05) is 19.1 Å². The van der Waals surface area contributed by atoms with Gasteiger partial charge >= 0.3 is 0 Å². The summed E-state index contributed by atoms with van der Waals surface area (Å²) in [6.45, 7) is 9.91. The number of carbonyl (C=O) groups excluding carboxylic acids is 1. The summed E-state index contributed by atoms with van der Waals surface area (Å²) in [5.41, 5.74) is 3.50. The van der Waals surface area contributed by atoms with Crippen LogP contribution in [-0.2, 0) is 4.74 Å². The van der Waals surface area contributed by atoms with Gasteiger partial charge in [-0.25, -0.2) is 0 Å². The van der Waals surface area contributed by atoms with Crippen molar-refractivity contribution in [1.82, 2.24) is 4.90 Å². The predicted octanol–water partition coefficient (Wildman–Crippen LogP) is 5.03. The smallest absolute Gasteiger partial charge is 0.291 e. The molecule has 3 heterocycles. The van der Waals surface area contributed by atoms with Crippen molar-refractivity contribution in [2.45, 2.75) is 26.8 Å². The highest BCUT2D eigenvalue weighted by Crippen LogP contribution is 2.42. The molecule has 2 aromatic heterocycles. The molecule has 1 saturated heterocycles. The van der Waals surface area contributed by atoms with Crippen LogP contribution in [0.5, 0.6) is 5.75 Å². The van der Waals surface area contributed by atoms with E-state index in [1.165, 1.54) is 22.3 Å². The Kier molecular flexibility index (Phi) is 6.75. The maximum atomic E-state index is 12.8. The van der Waals surface area contributed by atoms with Crippen LogP contribution in [0.1, 0.15) is 45.1 Å². The molecule has 31 heavy (non-hydrogen) atoms. The largest absolute Gasteiger partial charge is 0.494 e. The van der Waals surface area contributed by atoms with Crippen LogP contribution in [0.4, 0.5) is 5.00 Å². The Bertz CT molecular complexity index is 1010. The van der Waals surface area contributed by atoms with Crippen LogP contribution >= 0.6 is 11.3 Å². The Hall–Kier alpha value is -2.61. The average Bonchev–Trinajstić information content (AvgIpc) is 3.41. The lowest BCUT2D eigenvalue weighted by molar-refractivity contribution is 0.0240. The standard InChI is InChI=1S/C24H28N2O4S/c1-4-29-19-9-7-18(8-10-19)22(26-11-14-28-15-12-26)21-16(2)17(3)31-24(21)25-23(27)20-6-5-13-30-20/h5-10,13,22H,4,11-12,14-15H2,1-3H3,(H,25,27)/t22-/m1/s1. The molecule has 7 heteroatoms. The number of thiophene rings is 1. The van der Waals surface area contributed by atoms with E-state index in [1.54, 1.807) is 23.5 Å². The molecule has 1 aliphatic heterocycles. The molecule has 1 fully saturated rings. The van der Waals surface area contributed by atoms with Crippen LogP contribution in [-0.4, -0.2) is 43.7 Å². The number of benzene rings is 1. The minimum absolute atomic E-state index is 0.0106. The van der Waals surface area contributed by atoms with Gasteiger partial charge in [0.15, 0.2) is 5.76 Å². The monoisotopic (exact) mass is 440 g/mol. The number of ether oxygens (including phenoxy) is 2. The van der Waals surface area contributed by atoms with Crippen molar-refractivity contribution in [2.24, 2.45) is 0 Å². The Balaban J connectivity index is 1.74. The summed E-state index contributed by atoms with van der Waals surface area (Å²) in [6, 6.07) is 11.7. The number of aryl methyl sites for hydroxylation is 1. The van der Waals surface area contributed by atoms with Crippen molar-refractivity contribution in [3.05, 3.63) is 70.0 Å². The van der Waals surface area contributed by atoms with Gasteiger partial charge in [-0.15, -0.1) is 11.3 Å². The summed E-state index contributed by atoms with van der Waals surface area (Å²) < 4.78 is 16.5. The molecule has 1 aliphatic rings. The van der Waals surface area contributed by atoms with Gasteiger partial charge in [-0.05, 0) is 56.2 Å². The number of anilines is 1. The summed E-state index contributed by atoms with van der Waals surface area (Å²) >= 11 is 1.61. The normalized spacial score (nSPS) is 15.6. The Morgan fingerprint density at radius 2 is 1.94 bits per heavy atom. The highest BCUT2D eigenvalue weighted by molar-refractivity contribution is 7.16. The number of hydrogen-bond acceptors (Lipinski definition) is 6. The summed E-state index contributed by atoms with van der Waals surface area (Å²) in [6.07, 6.45) is 1.51. The van der Waals surface area contributed by atoms with E-state index in [4.69, 9.17) is 13.9 Å². The number of hydrogen-bond donors (Lipinski definition) is 1. The first-order valence-electron chi connectivity index (χ1n) is 10.6. The number of furan rings is 1. The summed E-state index contributed by atoms with van der Waals surface area (Å²) in [5, 5.41) is 3.96. The molecule has 0 saturated carbocycles. The van der Waals surface area contributed by atoms with Crippen LogP contribution < -0.4 is 10.1 Å². The van der Waals surface area contributed by atoms with Crippen LogP contribution in [0.2, 0.25) is 0 Å². The first-order chi connectivity index (χ1) is 15.1. The minimum atomic E-state index is -0.236. The quantitative estimate of drug-likeness (QED) is 0.558. The van der Waals surface area contributed by atoms with E-state index < -0.39 is 0 Å². The van der Waals surface area contributed by atoms with E-state index in [0.29, 0.717) is 25.6 Å². The van der Waals surface area contributed by atoms with Crippen molar-refractivity contribution in [2.75, 3.05) is 38.2 Å². The number of nitrogens with one attached hydrogen (secondary N) is 1. The molecule has 1 amide bonds. The predicted molar refractivity (Wildman–Crippen MR) is 122 cm³/mol. The molecule has 0 bridgehead atoms. The Morgan fingerprint density at radius 3 is 2.58 bits per heavy atom.